The van der Waals surface area contributed by atoms with Crippen LogP contribution in [0, 0.1) is 6.92 Å². The Morgan fingerprint density at radius 3 is 2.70 bits per heavy atom. The molecule has 0 radical (unpaired) electrons. The number of anilines is 1. The van der Waals surface area contributed by atoms with E-state index >= 15 is 0 Å². The van der Waals surface area contributed by atoms with Crippen molar-refractivity contribution in [3.05, 3.63) is 60.6 Å². The molecule has 0 aliphatic rings. The molecule has 0 atom stereocenters. The molecule has 0 aliphatic carbocycles. The molecule has 1 amide bonds. The third-order valence-electron chi connectivity index (χ3n) is 4.07. The molecule has 30 heavy (non-hydrogen) atoms. The van der Waals surface area contributed by atoms with E-state index < -0.39 is 6.36 Å². The number of hydrogen-bond donors (Lipinski definition) is 1. The fourth-order valence-electron chi connectivity index (χ4n) is 2.88. The molecule has 4 rings (SSSR count). The van der Waals surface area contributed by atoms with Gasteiger partial charge in [-0.2, -0.15) is 10.1 Å². The first-order chi connectivity index (χ1) is 14.3. The normalized spacial score (nSPS) is 11.6. The van der Waals surface area contributed by atoms with E-state index in [2.05, 4.69) is 25.2 Å². The Kier molecular flexibility index (Phi) is 4.86. The van der Waals surface area contributed by atoms with E-state index in [0.29, 0.717) is 11.2 Å². The van der Waals surface area contributed by atoms with E-state index in [1.54, 1.807) is 30.6 Å². The van der Waals surface area contributed by atoms with Crippen LogP contribution in [0.15, 0.2) is 55.0 Å². The van der Waals surface area contributed by atoms with Crippen molar-refractivity contribution in [1.29, 1.82) is 0 Å². The van der Waals surface area contributed by atoms with Crippen molar-refractivity contribution in [1.82, 2.24) is 24.4 Å². The summed E-state index contributed by atoms with van der Waals surface area (Å²) in [6, 6.07) is 8.98. The molecule has 0 aliphatic heterocycles. The van der Waals surface area contributed by atoms with Gasteiger partial charge in [-0.25, -0.2) is 4.52 Å². The summed E-state index contributed by atoms with van der Waals surface area (Å²) in [7, 11) is 0. The Hall–Kier alpha value is -3.89. The maximum atomic E-state index is 12.7. The first-order valence-electron chi connectivity index (χ1n) is 8.77. The minimum Gasteiger partial charge on any atom is -0.405 e. The van der Waals surface area contributed by atoms with Crippen LogP contribution < -0.4 is 10.1 Å². The second-order valence-corrected chi connectivity index (χ2v) is 6.46. The van der Waals surface area contributed by atoms with E-state index in [-0.39, 0.29) is 29.7 Å². The summed E-state index contributed by atoms with van der Waals surface area (Å²) >= 11 is 0. The lowest BCUT2D eigenvalue weighted by Crippen LogP contribution is -2.19. The summed E-state index contributed by atoms with van der Waals surface area (Å²) in [4.78, 5) is 16.3. The Morgan fingerprint density at radius 1 is 1.17 bits per heavy atom. The molecule has 0 bridgehead atoms. The van der Waals surface area contributed by atoms with Gasteiger partial charge in [-0.1, -0.05) is 18.2 Å². The van der Waals surface area contributed by atoms with Gasteiger partial charge >= 0.3 is 6.36 Å². The number of benzene rings is 1. The van der Waals surface area contributed by atoms with Crippen molar-refractivity contribution < 1.29 is 22.7 Å². The van der Waals surface area contributed by atoms with Gasteiger partial charge in [0, 0.05) is 23.5 Å². The fourth-order valence-corrected chi connectivity index (χ4v) is 2.88. The monoisotopic (exact) mass is 416 g/mol. The number of para-hydroxylation sites is 1. The van der Waals surface area contributed by atoms with Crippen molar-refractivity contribution in [3.8, 4) is 16.9 Å². The molecule has 3 heterocycles. The number of aryl methyl sites for hydroxylation is 1. The highest BCUT2D eigenvalue weighted by molar-refractivity contribution is 5.89. The molecule has 11 heteroatoms. The van der Waals surface area contributed by atoms with Crippen LogP contribution in [0.3, 0.4) is 0 Å². The third kappa shape index (κ3) is 4.40. The number of nitrogens with zero attached hydrogens (tertiary/aromatic N) is 5. The zero-order valence-electron chi connectivity index (χ0n) is 15.6. The van der Waals surface area contributed by atoms with Crippen molar-refractivity contribution in [3.63, 3.8) is 0 Å². The van der Waals surface area contributed by atoms with Gasteiger partial charge in [0.25, 0.3) is 0 Å². The van der Waals surface area contributed by atoms with E-state index in [9.17, 15) is 18.0 Å². The molecular weight excluding hydrogens is 401 g/mol. The van der Waals surface area contributed by atoms with Gasteiger partial charge in [-0.3, -0.25) is 14.8 Å². The number of pyridine rings is 1. The number of amides is 1. The number of fused-ring (bicyclic) bond motifs is 1. The molecule has 0 spiro atoms. The number of nitrogens with one attached hydrogen (secondary N) is 1. The van der Waals surface area contributed by atoms with E-state index in [0.717, 1.165) is 5.56 Å². The van der Waals surface area contributed by atoms with Gasteiger partial charge in [0.1, 0.15) is 12.3 Å². The van der Waals surface area contributed by atoms with E-state index in [1.165, 1.54) is 33.6 Å². The quantitative estimate of drug-likeness (QED) is 0.539. The molecule has 154 valence electrons. The summed E-state index contributed by atoms with van der Waals surface area (Å²) in [6.07, 6.45) is 0.0627. The highest BCUT2D eigenvalue weighted by Gasteiger charge is 2.32. The lowest BCUT2D eigenvalue weighted by Gasteiger charge is -2.13. The maximum absolute atomic E-state index is 12.7. The Bertz CT molecular complexity index is 1210. The number of aromatic nitrogens is 5. The molecule has 0 fully saturated rings. The lowest BCUT2D eigenvalue weighted by atomic mass is 10.1. The predicted octanol–water partition coefficient (Wildman–Crippen LogP) is 3.44. The molecule has 3 aromatic heterocycles. The van der Waals surface area contributed by atoms with Crippen LogP contribution in [-0.4, -0.2) is 36.6 Å². The van der Waals surface area contributed by atoms with Gasteiger partial charge < -0.3 is 4.74 Å². The van der Waals surface area contributed by atoms with Crippen molar-refractivity contribution >= 4 is 17.5 Å². The Morgan fingerprint density at radius 2 is 1.97 bits per heavy atom. The maximum Gasteiger partial charge on any atom is 0.573 e. The molecule has 0 unspecified atom stereocenters. The van der Waals surface area contributed by atoms with Crippen molar-refractivity contribution in [2.24, 2.45) is 0 Å². The molecule has 1 aromatic carbocycles. The smallest absolute Gasteiger partial charge is 0.405 e. The SMILES string of the molecule is Cc1cnn(CC(=O)Nc2nc3ccc(-c4ccccc4OC(F)(F)F)cn3n2)c1. The first kappa shape index (κ1) is 19.4. The Labute approximate surface area is 167 Å². The summed E-state index contributed by atoms with van der Waals surface area (Å²) < 4.78 is 45.0. The Balaban J connectivity index is 1.57. The highest BCUT2D eigenvalue weighted by Crippen LogP contribution is 2.33. The molecule has 0 saturated heterocycles. The molecule has 0 saturated carbocycles. The second-order valence-electron chi connectivity index (χ2n) is 6.46. The number of carbonyl (C=O) groups excluding carboxylic acids is 1. The third-order valence-corrected chi connectivity index (χ3v) is 4.07. The summed E-state index contributed by atoms with van der Waals surface area (Å²) in [5.74, 6) is -0.619. The lowest BCUT2D eigenvalue weighted by molar-refractivity contribution is -0.274. The number of alkyl halides is 3. The second kappa shape index (κ2) is 7.50. The largest absolute Gasteiger partial charge is 0.573 e. The van der Waals surface area contributed by atoms with Crippen LogP contribution >= 0.6 is 0 Å². The fraction of sp³-hybridized carbons (Fsp3) is 0.158. The number of ether oxygens (including phenoxy) is 1. The van der Waals surface area contributed by atoms with Gasteiger partial charge in [-0.05, 0) is 30.7 Å². The number of hydrogen-bond acceptors (Lipinski definition) is 5. The number of halogens is 3. The molecular formula is C19H15F3N6O2. The van der Waals surface area contributed by atoms with Crippen LogP contribution in [0.5, 0.6) is 5.75 Å². The standard InChI is InChI=1S/C19H15F3N6O2/c1-12-8-23-27(9-12)11-17(29)25-18-24-16-7-6-13(10-28(16)26-18)14-4-2-3-5-15(14)30-19(20,21)22/h2-10H,11H2,1H3,(H,25,26,29). The van der Waals surface area contributed by atoms with Crippen LogP contribution in [0.1, 0.15) is 5.56 Å². The van der Waals surface area contributed by atoms with Crippen molar-refractivity contribution in [2.45, 2.75) is 19.8 Å². The zero-order chi connectivity index (χ0) is 21.3. The minimum absolute atomic E-state index is 0.00318. The van der Waals surface area contributed by atoms with Gasteiger partial charge in [0.15, 0.2) is 5.65 Å². The predicted molar refractivity (Wildman–Crippen MR) is 101 cm³/mol. The summed E-state index contributed by atoms with van der Waals surface area (Å²) in [6.45, 7) is 1.86. The van der Waals surface area contributed by atoms with Crippen LogP contribution in [0.4, 0.5) is 19.1 Å². The molecule has 1 N–H and O–H groups in total. The minimum atomic E-state index is -4.81. The summed E-state index contributed by atoms with van der Waals surface area (Å²) in [5.41, 5.74) is 2.03. The average Bonchev–Trinajstić information content (AvgIpc) is 3.25. The van der Waals surface area contributed by atoms with Crippen LogP contribution in [-0.2, 0) is 11.3 Å². The average molecular weight is 416 g/mol. The summed E-state index contributed by atoms with van der Waals surface area (Å²) in [5, 5.41) is 10.8. The van der Waals surface area contributed by atoms with Crippen molar-refractivity contribution in [2.75, 3.05) is 5.32 Å². The van der Waals surface area contributed by atoms with Crippen LogP contribution in [0.25, 0.3) is 16.8 Å². The van der Waals surface area contributed by atoms with E-state index in [1.807, 2.05) is 6.92 Å². The topological polar surface area (TPSA) is 86.3 Å². The number of rotatable bonds is 5. The molecule has 8 nitrogen and oxygen atoms in total. The van der Waals surface area contributed by atoms with E-state index in [4.69, 9.17) is 0 Å². The highest BCUT2D eigenvalue weighted by atomic mass is 19.4. The zero-order valence-corrected chi connectivity index (χ0v) is 15.6. The van der Waals surface area contributed by atoms with Gasteiger partial charge in [-0.15, -0.1) is 18.3 Å². The molecule has 4 aromatic rings. The first-order valence-corrected chi connectivity index (χ1v) is 8.77. The number of carbonyl (C=O) groups is 1. The van der Waals surface area contributed by atoms with Gasteiger partial charge in [0.05, 0.1) is 6.20 Å². The van der Waals surface area contributed by atoms with Gasteiger partial charge in [0.2, 0.25) is 11.9 Å². The van der Waals surface area contributed by atoms with Crippen LogP contribution in [0.2, 0.25) is 0 Å².